The van der Waals surface area contributed by atoms with Crippen LogP contribution in [0, 0.1) is 17.8 Å². The van der Waals surface area contributed by atoms with E-state index in [1.54, 1.807) is 0 Å². The highest BCUT2D eigenvalue weighted by Crippen LogP contribution is 2.34. The van der Waals surface area contributed by atoms with E-state index in [-0.39, 0.29) is 5.97 Å². The minimum absolute atomic E-state index is 0.0844. The van der Waals surface area contributed by atoms with Gasteiger partial charge in [-0.3, -0.25) is 4.79 Å². The van der Waals surface area contributed by atoms with E-state index < -0.39 is 0 Å². The fraction of sp³-hybridized carbons (Fsp3) is 0.786. The lowest BCUT2D eigenvalue weighted by atomic mass is 9.76. The van der Waals surface area contributed by atoms with Crippen LogP contribution in [0.3, 0.4) is 0 Å². The fourth-order valence-electron chi connectivity index (χ4n) is 2.33. The molecular formula is C14H24O2. The molecule has 0 aromatic rings. The molecule has 1 aliphatic rings. The van der Waals surface area contributed by atoms with Crippen molar-refractivity contribution in [3.05, 3.63) is 11.6 Å². The average Bonchev–Trinajstić information content (AvgIpc) is 2.25. The van der Waals surface area contributed by atoms with Crippen molar-refractivity contribution in [3.63, 3.8) is 0 Å². The second-order valence-electron chi connectivity index (χ2n) is 5.04. The maximum Gasteiger partial charge on any atom is 0.305 e. The molecule has 0 aromatic carbocycles. The van der Waals surface area contributed by atoms with Gasteiger partial charge in [-0.1, -0.05) is 32.4 Å². The van der Waals surface area contributed by atoms with Crippen LogP contribution in [0.25, 0.3) is 0 Å². The lowest BCUT2D eigenvalue weighted by Crippen LogP contribution is -2.21. The number of carbonyl (C=O) groups is 1. The number of allylic oxidation sites excluding steroid dienone is 2. The van der Waals surface area contributed by atoms with Crippen LogP contribution >= 0.6 is 0 Å². The van der Waals surface area contributed by atoms with Gasteiger partial charge in [0.2, 0.25) is 0 Å². The first-order chi connectivity index (χ1) is 7.54. The molecule has 0 N–H and O–H groups in total. The third kappa shape index (κ3) is 3.66. The highest BCUT2D eigenvalue weighted by atomic mass is 16.5. The summed E-state index contributed by atoms with van der Waals surface area (Å²) in [6.45, 7) is 9.19. The Kier molecular flexibility index (Phi) is 5.04. The predicted molar refractivity (Wildman–Crippen MR) is 66.1 cm³/mol. The van der Waals surface area contributed by atoms with Gasteiger partial charge in [0.05, 0.1) is 6.61 Å². The van der Waals surface area contributed by atoms with Crippen LogP contribution in [0.4, 0.5) is 0 Å². The quantitative estimate of drug-likeness (QED) is 0.539. The summed E-state index contributed by atoms with van der Waals surface area (Å²) in [5.74, 6) is 1.96. The molecule has 0 aliphatic heterocycles. The molecule has 92 valence electrons. The molecule has 0 saturated heterocycles. The molecule has 0 fully saturated rings. The van der Waals surface area contributed by atoms with Crippen molar-refractivity contribution in [2.75, 3.05) is 6.61 Å². The van der Waals surface area contributed by atoms with Crippen molar-refractivity contribution in [2.24, 2.45) is 17.8 Å². The summed E-state index contributed by atoms with van der Waals surface area (Å²) in [6, 6.07) is 0. The van der Waals surface area contributed by atoms with E-state index in [0.717, 1.165) is 12.3 Å². The Bertz CT molecular complexity index is 268. The number of ether oxygens (including phenoxy) is 1. The summed E-state index contributed by atoms with van der Waals surface area (Å²) in [4.78, 5) is 11.0. The lowest BCUT2D eigenvalue weighted by Gasteiger charge is -2.30. The molecule has 3 unspecified atom stereocenters. The summed E-state index contributed by atoms with van der Waals surface area (Å²) in [5, 5.41) is 0. The Morgan fingerprint density at radius 3 is 2.81 bits per heavy atom. The van der Waals surface area contributed by atoms with Crippen molar-refractivity contribution < 1.29 is 9.53 Å². The zero-order valence-corrected chi connectivity index (χ0v) is 11.0. The monoisotopic (exact) mass is 224 g/mol. The zero-order valence-electron chi connectivity index (χ0n) is 11.0. The van der Waals surface area contributed by atoms with E-state index in [9.17, 15) is 4.79 Å². The second kappa shape index (κ2) is 6.07. The Balaban J connectivity index is 2.37. The minimum atomic E-state index is -0.0844. The van der Waals surface area contributed by atoms with Gasteiger partial charge in [-0.05, 0) is 37.5 Å². The predicted octanol–water partition coefficient (Wildman–Crippen LogP) is 3.57. The normalized spacial score (nSPS) is 29.8. The molecule has 0 amide bonds. The summed E-state index contributed by atoms with van der Waals surface area (Å²) in [5.41, 5.74) is 1.47. The summed E-state index contributed by atoms with van der Waals surface area (Å²) in [6.07, 6.45) is 5.06. The highest BCUT2D eigenvalue weighted by Gasteiger charge is 2.23. The lowest BCUT2D eigenvalue weighted by molar-refractivity contribution is -0.143. The largest absolute Gasteiger partial charge is 0.466 e. The van der Waals surface area contributed by atoms with E-state index in [1.165, 1.54) is 12.0 Å². The molecule has 16 heavy (non-hydrogen) atoms. The molecule has 0 saturated carbocycles. The Hall–Kier alpha value is -0.790. The minimum Gasteiger partial charge on any atom is -0.466 e. The van der Waals surface area contributed by atoms with Crippen LogP contribution in [0.5, 0.6) is 0 Å². The molecule has 2 nitrogen and oxygen atoms in total. The van der Waals surface area contributed by atoms with E-state index >= 15 is 0 Å². The summed E-state index contributed by atoms with van der Waals surface area (Å²) < 4.78 is 5.14. The van der Waals surface area contributed by atoms with Crippen LogP contribution < -0.4 is 0 Å². The Morgan fingerprint density at radius 2 is 2.19 bits per heavy atom. The van der Waals surface area contributed by atoms with Gasteiger partial charge in [0.25, 0.3) is 0 Å². The van der Waals surface area contributed by atoms with Crippen LogP contribution in [-0.4, -0.2) is 12.6 Å². The van der Waals surface area contributed by atoms with Crippen molar-refractivity contribution >= 4 is 5.97 Å². The molecule has 3 atom stereocenters. The number of hydrogen-bond acceptors (Lipinski definition) is 2. The molecule has 2 heteroatoms. The van der Waals surface area contributed by atoms with Gasteiger partial charge in [0.1, 0.15) is 0 Å². The van der Waals surface area contributed by atoms with Crippen LogP contribution in [-0.2, 0) is 9.53 Å². The fourth-order valence-corrected chi connectivity index (χ4v) is 2.33. The molecule has 0 radical (unpaired) electrons. The SMILES string of the molecule is CCC(=O)OCCC1CC(C)C(C)C=C1C. The first-order valence-electron chi connectivity index (χ1n) is 6.38. The van der Waals surface area contributed by atoms with Crippen LogP contribution in [0.15, 0.2) is 11.6 Å². The Labute approximate surface area is 99.1 Å². The standard InChI is InChI=1S/C14H24O2/c1-5-14(15)16-7-6-13-9-11(3)10(2)8-12(13)4/h8,10-11,13H,5-7,9H2,1-4H3. The maximum absolute atomic E-state index is 11.0. The van der Waals surface area contributed by atoms with Crippen LogP contribution in [0.2, 0.25) is 0 Å². The number of hydrogen-bond donors (Lipinski definition) is 0. The first-order valence-corrected chi connectivity index (χ1v) is 6.38. The second-order valence-corrected chi connectivity index (χ2v) is 5.04. The number of carbonyl (C=O) groups excluding carboxylic acids is 1. The molecule has 0 bridgehead atoms. The highest BCUT2D eigenvalue weighted by molar-refractivity contribution is 5.68. The summed E-state index contributed by atoms with van der Waals surface area (Å²) >= 11 is 0. The van der Waals surface area contributed by atoms with Gasteiger partial charge >= 0.3 is 5.97 Å². The van der Waals surface area contributed by atoms with Gasteiger partial charge < -0.3 is 4.74 Å². The smallest absolute Gasteiger partial charge is 0.305 e. The number of rotatable bonds is 4. The molecule has 0 spiro atoms. The van der Waals surface area contributed by atoms with Gasteiger partial charge in [0, 0.05) is 6.42 Å². The molecule has 1 rings (SSSR count). The van der Waals surface area contributed by atoms with Gasteiger partial charge in [0.15, 0.2) is 0 Å². The number of esters is 1. The zero-order chi connectivity index (χ0) is 12.1. The molecule has 1 aliphatic carbocycles. The third-order valence-electron chi connectivity index (χ3n) is 3.74. The average molecular weight is 224 g/mol. The molecule has 0 heterocycles. The van der Waals surface area contributed by atoms with Crippen molar-refractivity contribution in [2.45, 2.75) is 47.0 Å². The van der Waals surface area contributed by atoms with Crippen molar-refractivity contribution in [3.8, 4) is 0 Å². The third-order valence-corrected chi connectivity index (χ3v) is 3.74. The van der Waals surface area contributed by atoms with E-state index in [2.05, 4.69) is 26.8 Å². The van der Waals surface area contributed by atoms with Gasteiger partial charge in [-0.25, -0.2) is 0 Å². The molecular weight excluding hydrogens is 200 g/mol. The van der Waals surface area contributed by atoms with E-state index in [4.69, 9.17) is 4.74 Å². The van der Waals surface area contributed by atoms with Crippen LogP contribution in [0.1, 0.15) is 47.0 Å². The first kappa shape index (κ1) is 13.3. The van der Waals surface area contributed by atoms with Gasteiger partial charge in [-0.2, -0.15) is 0 Å². The van der Waals surface area contributed by atoms with E-state index in [1.807, 2.05) is 6.92 Å². The molecule has 0 aromatic heterocycles. The Morgan fingerprint density at radius 1 is 1.50 bits per heavy atom. The summed E-state index contributed by atoms with van der Waals surface area (Å²) in [7, 11) is 0. The van der Waals surface area contributed by atoms with E-state index in [0.29, 0.717) is 24.9 Å². The van der Waals surface area contributed by atoms with Crippen molar-refractivity contribution in [1.29, 1.82) is 0 Å². The van der Waals surface area contributed by atoms with Crippen molar-refractivity contribution in [1.82, 2.24) is 0 Å². The van der Waals surface area contributed by atoms with Gasteiger partial charge in [-0.15, -0.1) is 0 Å². The topological polar surface area (TPSA) is 26.3 Å². The maximum atomic E-state index is 11.0.